The van der Waals surface area contributed by atoms with E-state index in [-0.39, 0.29) is 6.61 Å². The lowest BCUT2D eigenvalue weighted by atomic mass is 10.1. The van der Waals surface area contributed by atoms with E-state index in [1.165, 1.54) is 0 Å². The molecule has 5 heteroatoms. The van der Waals surface area contributed by atoms with Crippen LogP contribution in [-0.4, -0.2) is 12.5 Å². The maximum absolute atomic E-state index is 10.4. The van der Waals surface area contributed by atoms with E-state index in [0.717, 1.165) is 11.1 Å². The molecule has 1 rings (SSSR count). The molecule has 0 aromatic heterocycles. The third kappa shape index (κ3) is 3.69. The Balaban J connectivity index is 2.49. The highest BCUT2D eigenvalue weighted by Gasteiger charge is 2.00. The van der Waals surface area contributed by atoms with E-state index in [4.69, 9.17) is 15.8 Å². The molecule has 0 atom stereocenters. The molecule has 0 saturated carbocycles. The van der Waals surface area contributed by atoms with Crippen LogP contribution in [0.4, 0.5) is 0 Å². The van der Waals surface area contributed by atoms with Crippen molar-refractivity contribution in [1.29, 1.82) is 5.26 Å². The first-order valence-corrected chi connectivity index (χ1v) is 4.76. The average molecular weight is 219 g/mol. The topological polar surface area (TPSA) is 88.1 Å². The summed E-state index contributed by atoms with van der Waals surface area (Å²) in [5.41, 5.74) is 10.1. The van der Waals surface area contributed by atoms with Crippen molar-refractivity contribution in [1.82, 2.24) is 5.48 Å². The van der Waals surface area contributed by atoms with Gasteiger partial charge in [0.25, 0.3) is 0 Å². The lowest BCUT2D eigenvalue weighted by molar-refractivity contribution is -0.125. The average Bonchev–Trinajstić information content (AvgIpc) is 2.25. The Hall–Kier alpha value is -1.90. The number of nitriles is 1. The number of carbonyl (C=O) groups excluding carboxylic acids is 1. The van der Waals surface area contributed by atoms with Crippen LogP contribution < -0.4 is 11.2 Å². The number of carbonyl (C=O) groups is 1. The van der Waals surface area contributed by atoms with Gasteiger partial charge in [-0.25, -0.2) is 0 Å². The number of hydroxylamine groups is 1. The van der Waals surface area contributed by atoms with E-state index in [1.54, 1.807) is 12.1 Å². The predicted octanol–water partition coefficient (Wildman–Crippen LogP) is 0.373. The SMILES string of the molecule is Cc1cc(C#N)ccc1CNOCC(N)=O. The number of nitrogens with two attached hydrogens (primary N) is 1. The standard InChI is InChI=1S/C11H13N3O2/c1-8-4-9(5-12)2-3-10(8)6-14-16-7-11(13)15/h2-4,14H,6-7H2,1H3,(H2,13,15). The Bertz CT molecular complexity index is 424. The van der Waals surface area contributed by atoms with Crippen LogP contribution in [0.15, 0.2) is 18.2 Å². The molecular formula is C11H13N3O2. The van der Waals surface area contributed by atoms with Gasteiger partial charge in [-0.15, -0.1) is 0 Å². The van der Waals surface area contributed by atoms with Crippen LogP contribution in [0.25, 0.3) is 0 Å². The predicted molar refractivity (Wildman–Crippen MR) is 57.9 cm³/mol. The van der Waals surface area contributed by atoms with E-state index in [0.29, 0.717) is 12.1 Å². The van der Waals surface area contributed by atoms with Gasteiger partial charge in [0.1, 0.15) is 6.61 Å². The van der Waals surface area contributed by atoms with Gasteiger partial charge >= 0.3 is 0 Å². The first-order valence-electron chi connectivity index (χ1n) is 4.76. The summed E-state index contributed by atoms with van der Waals surface area (Å²) in [4.78, 5) is 15.2. The molecule has 1 aromatic rings. The fourth-order valence-electron chi connectivity index (χ4n) is 1.21. The van der Waals surface area contributed by atoms with E-state index < -0.39 is 5.91 Å². The fourth-order valence-corrected chi connectivity index (χ4v) is 1.21. The van der Waals surface area contributed by atoms with Gasteiger partial charge in [-0.1, -0.05) is 6.07 Å². The summed E-state index contributed by atoms with van der Waals surface area (Å²) in [7, 11) is 0. The number of hydrogen-bond donors (Lipinski definition) is 2. The second-order valence-electron chi connectivity index (χ2n) is 3.33. The van der Waals surface area contributed by atoms with Crippen molar-refractivity contribution in [3.63, 3.8) is 0 Å². The summed E-state index contributed by atoms with van der Waals surface area (Å²) in [6.07, 6.45) is 0. The molecule has 5 nitrogen and oxygen atoms in total. The molecule has 0 fully saturated rings. The number of rotatable bonds is 5. The van der Waals surface area contributed by atoms with Crippen molar-refractivity contribution in [2.45, 2.75) is 13.5 Å². The number of benzene rings is 1. The van der Waals surface area contributed by atoms with Crippen molar-refractivity contribution in [3.05, 3.63) is 34.9 Å². The van der Waals surface area contributed by atoms with Gasteiger partial charge in [-0.3, -0.25) is 9.63 Å². The molecule has 0 spiro atoms. The minimum atomic E-state index is -0.524. The number of hydrogen-bond acceptors (Lipinski definition) is 4. The smallest absolute Gasteiger partial charge is 0.245 e. The lowest BCUT2D eigenvalue weighted by Crippen LogP contribution is -2.24. The molecule has 84 valence electrons. The highest BCUT2D eigenvalue weighted by atomic mass is 16.6. The van der Waals surface area contributed by atoms with Crippen LogP contribution in [0.3, 0.4) is 0 Å². The van der Waals surface area contributed by atoms with Crippen LogP contribution in [0, 0.1) is 18.3 Å². The maximum atomic E-state index is 10.4. The maximum Gasteiger partial charge on any atom is 0.245 e. The largest absolute Gasteiger partial charge is 0.368 e. The Morgan fingerprint density at radius 3 is 2.94 bits per heavy atom. The van der Waals surface area contributed by atoms with Crippen molar-refractivity contribution in [2.24, 2.45) is 5.73 Å². The Morgan fingerprint density at radius 1 is 1.62 bits per heavy atom. The first-order chi connectivity index (χ1) is 7.63. The Morgan fingerprint density at radius 2 is 2.38 bits per heavy atom. The molecule has 0 heterocycles. The van der Waals surface area contributed by atoms with Gasteiger partial charge in [-0.05, 0) is 30.2 Å². The van der Waals surface area contributed by atoms with Gasteiger partial charge in [0, 0.05) is 6.54 Å². The van der Waals surface area contributed by atoms with Crippen LogP contribution >= 0.6 is 0 Å². The minimum Gasteiger partial charge on any atom is -0.368 e. The van der Waals surface area contributed by atoms with Gasteiger partial charge in [0.15, 0.2) is 0 Å². The zero-order chi connectivity index (χ0) is 12.0. The van der Waals surface area contributed by atoms with Crippen molar-refractivity contribution < 1.29 is 9.63 Å². The molecular weight excluding hydrogens is 206 g/mol. The van der Waals surface area contributed by atoms with Gasteiger partial charge in [0.05, 0.1) is 11.6 Å². The van der Waals surface area contributed by atoms with E-state index >= 15 is 0 Å². The minimum absolute atomic E-state index is 0.157. The lowest BCUT2D eigenvalue weighted by Gasteiger charge is -2.07. The van der Waals surface area contributed by atoms with Gasteiger partial charge in [0.2, 0.25) is 5.91 Å². The molecule has 0 aliphatic carbocycles. The number of nitrogens with zero attached hydrogens (tertiary/aromatic N) is 1. The fraction of sp³-hybridized carbons (Fsp3) is 0.273. The molecule has 0 aliphatic heterocycles. The number of primary amides is 1. The quantitative estimate of drug-likeness (QED) is 0.553. The Kier molecular flexibility index (Phi) is 4.45. The molecule has 0 bridgehead atoms. The molecule has 0 aliphatic rings. The van der Waals surface area contributed by atoms with Crippen molar-refractivity contribution in [2.75, 3.05) is 6.61 Å². The molecule has 0 unspecified atom stereocenters. The van der Waals surface area contributed by atoms with Crippen LogP contribution in [-0.2, 0) is 16.2 Å². The normalized spacial score (nSPS) is 9.75. The van der Waals surface area contributed by atoms with E-state index in [9.17, 15) is 4.79 Å². The van der Waals surface area contributed by atoms with E-state index in [1.807, 2.05) is 13.0 Å². The highest BCUT2D eigenvalue weighted by Crippen LogP contribution is 2.10. The van der Waals surface area contributed by atoms with Crippen molar-refractivity contribution in [3.8, 4) is 6.07 Å². The van der Waals surface area contributed by atoms with Gasteiger partial charge in [-0.2, -0.15) is 10.7 Å². The number of aryl methyl sites for hydroxylation is 1. The summed E-state index contributed by atoms with van der Waals surface area (Å²) in [5.74, 6) is -0.524. The summed E-state index contributed by atoms with van der Waals surface area (Å²) in [6, 6.07) is 7.44. The highest BCUT2D eigenvalue weighted by molar-refractivity contribution is 5.74. The number of nitrogens with one attached hydrogen (secondary N) is 1. The first kappa shape index (κ1) is 12.2. The summed E-state index contributed by atoms with van der Waals surface area (Å²) >= 11 is 0. The second-order valence-corrected chi connectivity index (χ2v) is 3.33. The van der Waals surface area contributed by atoms with E-state index in [2.05, 4.69) is 11.5 Å². The summed E-state index contributed by atoms with van der Waals surface area (Å²) in [6.45, 7) is 2.21. The van der Waals surface area contributed by atoms with Crippen molar-refractivity contribution >= 4 is 5.91 Å². The molecule has 16 heavy (non-hydrogen) atoms. The zero-order valence-corrected chi connectivity index (χ0v) is 8.99. The summed E-state index contributed by atoms with van der Waals surface area (Å²) in [5, 5.41) is 8.69. The number of amides is 1. The van der Waals surface area contributed by atoms with Gasteiger partial charge < -0.3 is 5.73 Å². The molecule has 1 aromatic carbocycles. The van der Waals surface area contributed by atoms with Crippen LogP contribution in [0.2, 0.25) is 0 Å². The zero-order valence-electron chi connectivity index (χ0n) is 8.99. The van der Waals surface area contributed by atoms with Crippen LogP contribution in [0.5, 0.6) is 0 Å². The second kappa shape index (κ2) is 5.85. The third-order valence-corrected chi connectivity index (χ3v) is 2.05. The van der Waals surface area contributed by atoms with Crippen LogP contribution in [0.1, 0.15) is 16.7 Å². The summed E-state index contributed by atoms with van der Waals surface area (Å²) < 4.78 is 0. The molecule has 1 amide bonds. The monoisotopic (exact) mass is 219 g/mol. The Labute approximate surface area is 93.8 Å². The molecule has 3 N–H and O–H groups in total. The molecule has 0 radical (unpaired) electrons. The third-order valence-electron chi connectivity index (χ3n) is 2.05. The molecule has 0 saturated heterocycles.